The van der Waals surface area contributed by atoms with Gasteiger partial charge in [0, 0.05) is 31.9 Å². The number of benzene rings is 2. The maximum atomic E-state index is 5.55. The van der Waals surface area contributed by atoms with E-state index in [1.54, 1.807) is 17.6 Å². The summed E-state index contributed by atoms with van der Waals surface area (Å²) >= 11 is 1.57. The summed E-state index contributed by atoms with van der Waals surface area (Å²) in [7, 11) is 4.07. The number of imidazole rings is 1. The Bertz CT molecular complexity index is 1180. The van der Waals surface area contributed by atoms with E-state index in [1.807, 2.05) is 43.0 Å². The molecule has 2 aromatic carbocycles. The Morgan fingerprint density at radius 3 is 2.68 bits per heavy atom. The van der Waals surface area contributed by atoms with Crippen molar-refractivity contribution < 1.29 is 9.47 Å². The molecule has 0 radical (unpaired) electrons. The third-order valence-electron chi connectivity index (χ3n) is 5.05. The van der Waals surface area contributed by atoms with E-state index < -0.39 is 0 Å². The van der Waals surface area contributed by atoms with Crippen molar-refractivity contribution in [1.29, 1.82) is 0 Å². The molecule has 31 heavy (non-hydrogen) atoms. The molecular formula is C23H23N5O2S. The maximum absolute atomic E-state index is 5.55. The second-order valence-corrected chi connectivity index (χ2v) is 8.47. The van der Waals surface area contributed by atoms with E-state index in [-0.39, 0.29) is 6.79 Å². The van der Waals surface area contributed by atoms with Crippen molar-refractivity contribution in [3.63, 3.8) is 0 Å². The number of aromatic nitrogens is 3. The summed E-state index contributed by atoms with van der Waals surface area (Å²) in [6, 6.07) is 18.7. The Kier molecular flexibility index (Phi) is 5.21. The molecule has 0 amide bonds. The highest BCUT2D eigenvalue weighted by atomic mass is 32.1. The Hall–Kier alpha value is -3.52. The summed E-state index contributed by atoms with van der Waals surface area (Å²) in [5, 5.41) is 5.71. The van der Waals surface area contributed by atoms with Crippen molar-refractivity contribution in [2.75, 3.05) is 37.2 Å². The first kappa shape index (κ1) is 19.4. The number of rotatable bonds is 7. The molecule has 1 aliphatic rings. The lowest BCUT2D eigenvalue weighted by Gasteiger charge is -2.21. The van der Waals surface area contributed by atoms with Gasteiger partial charge in [0.05, 0.1) is 18.4 Å². The van der Waals surface area contributed by atoms with Gasteiger partial charge in [-0.1, -0.05) is 53.8 Å². The highest BCUT2D eigenvalue weighted by molar-refractivity contribution is 7.20. The third-order valence-corrected chi connectivity index (χ3v) is 6.03. The van der Waals surface area contributed by atoms with Crippen LogP contribution in [0.2, 0.25) is 0 Å². The molecule has 5 rings (SSSR count). The molecule has 7 nitrogen and oxygen atoms in total. The van der Waals surface area contributed by atoms with Crippen LogP contribution in [0.25, 0.3) is 16.2 Å². The van der Waals surface area contributed by atoms with Crippen LogP contribution in [-0.4, -0.2) is 42.0 Å². The molecule has 3 heterocycles. The van der Waals surface area contributed by atoms with Gasteiger partial charge in [-0.3, -0.25) is 0 Å². The van der Waals surface area contributed by atoms with Crippen molar-refractivity contribution in [1.82, 2.24) is 14.6 Å². The zero-order valence-corrected chi connectivity index (χ0v) is 18.2. The first-order chi connectivity index (χ1) is 15.2. The van der Waals surface area contributed by atoms with E-state index in [0.717, 1.165) is 39.3 Å². The fourth-order valence-corrected chi connectivity index (χ4v) is 4.32. The average molecular weight is 434 g/mol. The Labute approximate surface area is 184 Å². The van der Waals surface area contributed by atoms with Crippen LogP contribution < -0.4 is 9.80 Å². The summed E-state index contributed by atoms with van der Waals surface area (Å²) in [5.41, 5.74) is 4.34. The highest BCUT2D eigenvalue weighted by Gasteiger charge is 2.19. The van der Waals surface area contributed by atoms with Gasteiger partial charge >= 0.3 is 0 Å². The van der Waals surface area contributed by atoms with Crippen molar-refractivity contribution in [2.45, 2.75) is 6.54 Å². The number of nitrogens with zero attached hydrogens (tertiary/aromatic N) is 5. The predicted octanol–water partition coefficient (Wildman–Crippen LogP) is 4.38. The van der Waals surface area contributed by atoms with Crippen molar-refractivity contribution in [2.24, 2.45) is 0 Å². The fourth-order valence-electron chi connectivity index (χ4n) is 3.44. The standard InChI is InChI=1S/C23H23N5O2S/c1-26(2)19-10-6-9-18(11-19)21-14-28-22(24-21)31-23(25-28)27(13-20-15-29-16-30-20)12-17-7-4-3-5-8-17/h3-11,14-15H,12-13,16H2,1-2H3. The summed E-state index contributed by atoms with van der Waals surface area (Å²) in [5.74, 6) is 0.796. The monoisotopic (exact) mass is 433 g/mol. The Morgan fingerprint density at radius 2 is 1.94 bits per heavy atom. The number of ether oxygens (including phenoxy) is 2. The topological polar surface area (TPSA) is 55.1 Å². The predicted molar refractivity (Wildman–Crippen MR) is 123 cm³/mol. The highest BCUT2D eigenvalue weighted by Crippen LogP contribution is 2.30. The lowest BCUT2D eigenvalue weighted by molar-refractivity contribution is 0.0797. The minimum atomic E-state index is 0.269. The lowest BCUT2D eigenvalue weighted by atomic mass is 10.1. The molecule has 0 fully saturated rings. The number of fused-ring (bicyclic) bond motifs is 1. The molecule has 0 unspecified atom stereocenters. The van der Waals surface area contributed by atoms with E-state index in [2.05, 4.69) is 46.2 Å². The van der Waals surface area contributed by atoms with Crippen LogP contribution in [0.3, 0.4) is 0 Å². The van der Waals surface area contributed by atoms with Crippen LogP contribution in [-0.2, 0) is 16.0 Å². The van der Waals surface area contributed by atoms with Gasteiger partial charge in [0.2, 0.25) is 16.9 Å². The van der Waals surface area contributed by atoms with Crippen LogP contribution in [0.1, 0.15) is 5.56 Å². The molecule has 0 N–H and O–H groups in total. The summed E-state index contributed by atoms with van der Waals surface area (Å²) in [4.78, 5) is 9.95. The first-order valence-corrected chi connectivity index (χ1v) is 10.8. The minimum Gasteiger partial charge on any atom is -0.462 e. The quantitative estimate of drug-likeness (QED) is 0.431. The molecule has 2 aromatic heterocycles. The largest absolute Gasteiger partial charge is 0.462 e. The van der Waals surface area contributed by atoms with Crippen LogP contribution >= 0.6 is 11.3 Å². The summed E-state index contributed by atoms with van der Waals surface area (Å²) < 4.78 is 12.6. The lowest BCUT2D eigenvalue weighted by Crippen LogP contribution is -2.25. The Balaban J connectivity index is 1.44. The van der Waals surface area contributed by atoms with Crippen LogP contribution in [0, 0.1) is 0 Å². The van der Waals surface area contributed by atoms with E-state index in [1.165, 1.54) is 5.56 Å². The number of hydrogen-bond acceptors (Lipinski definition) is 7. The zero-order chi connectivity index (χ0) is 21.2. The van der Waals surface area contributed by atoms with Gasteiger partial charge in [0.1, 0.15) is 6.26 Å². The smallest absolute Gasteiger partial charge is 0.229 e. The van der Waals surface area contributed by atoms with Gasteiger partial charge in [-0.25, -0.2) is 9.50 Å². The molecule has 0 spiro atoms. The molecule has 0 saturated heterocycles. The maximum Gasteiger partial charge on any atom is 0.229 e. The molecule has 4 aromatic rings. The molecule has 158 valence electrons. The van der Waals surface area contributed by atoms with Crippen LogP contribution in [0.15, 0.2) is 72.8 Å². The fraction of sp³-hybridized carbons (Fsp3) is 0.217. The average Bonchev–Trinajstić information content (AvgIpc) is 3.51. The number of anilines is 2. The zero-order valence-electron chi connectivity index (χ0n) is 17.4. The van der Waals surface area contributed by atoms with E-state index in [9.17, 15) is 0 Å². The second kappa shape index (κ2) is 8.31. The SMILES string of the molecule is CN(C)c1cccc(-c2cn3nc(N(CC4=COCO4)Cc4ccccc4)sc3n2)c1. The molecule has 0 atom stereocenters. The second-order valence-electron chi connectivity index (χ2n) is 7.54. The van der Waals surface area contributed by atoms with Gasteiger partial charge in [-0.05, 0) is 17.7 Å². The van der Waals surface area contributed by atoms with Crippen molar-refractivity contribution in [3.05, 3.63) is 78.4 Å². The van der Waals surface area contributed by atoms with Crippen molar-refractivity contribution >= 4 is 27.1 Å². The van der Waals surface area contributed by atoms with E-state index in [4.69, 9.17) is 19.6 Å². The van der Waals surface area contributed by atoms with Gasteiger partial charge in [-0.2, -0.15) is 0 Å². The van der Waals surface area contributed by atoms with E-state index >= 15 is 0 Å². The van der Waals surface area contributed by atoms with Crippen LogP contribution in [0.4, 0.5) is 10.8 Å². The third kappa shape index (κ3) is 4.20. The van der Waals surface area contributed by atoms with Gasteiger partial charge in [0.15, 0.2) is 5.76 Å². The normalized spacial score (nSPS) is 13.0. The minimum absolute atomic E-state index is 0.269. The number of hydrogen-bond donors (Lipinski definition) is 0. The summed E-state index contributed by atoms with van der Waals surface area (Å²) in [6.45, 7) is 1.57. The Morgan fingerprint density at radius 1 is 1.06 bits per heavy atom. The summed E-state index contributed by atoms with van der Waals surface area (Å²) in [6.07, 6.45) is 3.66. The molecular weight excluding hydrogens is 410 g/mol. The molecule has 1 aliphatic heterocycles. The van der Waals surface area contributed by atoms with Crippen LogP contribution in [0.5, 0.6) is 0 Å². The molecule has 0 bridgehead atoms. The molecule has 0 aliphatic carbocycles. The van der Waals surface area contributed by atoms with E-state index in [0.29, 0.717) is 6.54 Å². The van der Waals surface area contributed by atoms with Gasteiger partial charge < -0.3 is 19.3 Å². The van der Waals surface area contributed by atoms with Gasteiger partial charge in [0.25, 0.3) is 0 Å². The first-order valence-electron chi connectivity index (χ1n) is 10.0. The molecule has 0 saturated carbocycles. The van der Waals surface area contributed by atoms with Gasteiger partial charge in [-0.15, -0.1) is 5.10 Å². The van der Waals surface area contributed by atoms with Crippen molar-refractivity contribution in [3.8, 4) is 11.3 Å². The molecule has 8 heteroatoms.